The van der Waals surface area contributed by atoms with Crippen molar-refractivity contribution in [2.45, 2.75) is 20.8 Å². The molecular weight excluding hydrogens is 246 g/mol. The molecule has 0 aromatic heterocycles. The van der Waals surface area contributed by atoms with E-state index >= 15 is 0 Å². The lowest BCUT2D eigenvalue weighted by molar-refractivity contribution is -0.140. The predicted octanol–water partition coefficient (Wildman–Crippen LogP) is 2.58. The molecule has 102 valence electrons. The Hall–Kier alpha value is -2.06. The van der Waals surface area contributed by atoms with Crippen LogP contribution in [0.2, 0.25) is 0 Å². The Bertz CT molecular complexity index is 460. The summed E-state index contributed by atoms with van der Waals surface area (Å²) in [4.78, 5) is 15.1. The minimum Gasteiger partial charge on any atom is -0.468 e. The zero-order chi connectivity index (χ0) is 14.3. The van der Waals surface area contributed by atoms with E-state index < -0.39 is 5.97 Å². The third kappa shape index (κ3) is 4.60. The van der Waals surface area contributed by atoms with Crippen LogP contribution in [0.15, 0.2) is 34.9 Å². The number of rotatable bonds is 5. The van der Waals surface area contributed by atoms with Crippen LogP contribution in [0.1, 0.15) is 20.8 Å². The van der Waals surface area contributed by atoms with Gasteiger partial charge in [0.05, 0.1) is 24.7 Å². The van der Waals surface area contributed by atoms with Gasteiger partial charge in [0.15, 0.2) is 0 Å². The summed E-state index contributed by atoms with van der Waals surface area (Å²) in [5, 5.41) is 0. The number of carbonyl (C=O) groups excluding carboxylic acids is 1. The van der Waals surface area contributed by atoms with E-state index in [0.717, 1.165) is 0 Å². The topological polar surface area (TPSA) is 49.1 Å². The van der Waals surface area contributed by atoms with E-state index in [1.54, 1.807) is 26.0 Å². The number of carbonyl (C=O) groups is 1. The number of esters is 1. The van der Waals surface area contributed by atoms with E-state index in [2.05, 4.69) is 4.85 Å². The summed E-state index contributed by atoms with van der Waals surface area (Å²) in [6.07, 6.45) is 3.29. The average Bonchev–Trinajstić information content (AvgIpc) is 2.34. The first-order chi connectivity index (χ1) is 9.08. The SMILES string of the molecule is [C-]#[N+]C(C(=O)OCCOCC)=C1C=C(C)OC(C)=C1. The monoisotopic (exact) mass is 263 g/mol. The molecule has 1 aliphatic rings. The van der Waals surface area contributed by atoms with E-state index in [9.17, 15) is 4.79 Å². The maximum Gasteiger partial charge on any atom is 0.336 e. The highest BCUT2D eigenvalue weighted by Crippen LogP contribution is 2.22. The van der Waals surface area contributed by atoms with E-state index in [4.69, 9.17) is 20.8 Å². The van der Waals surface area contributed by atoms with Crippen molar-refractivity contribution in [3.8, 4) is 0 Å². The zero-order valence-corrected chi connectivity index (χ0v) is 11.4. The minimum absolute atomic E-state index is 0.0431. The van der Waals surface area contributed by atoms with Crippen molar-refractivity contribution < 1.29 is 19.0 Å². The highest BCUT2D eigenvalue weighted by molar-refractivity contribution is 5.92. The number of hydrogen-bond donors (Lipinski definition) is 0. The Morgan fingerprint density at radius 2 is 1.95 bits per heavy atom. The molecule has 0 saturated carbocycles. The van der Waals surface area contributed by atoms with Gasteiger partial charge in [-0.3, -0.25) is 4.79 Å². The third-order valence-electron chi connectivity index (χ3n) is 2.28. The second kappa shape index (κ2) is 7.39. The Balaban J connectivity index is 2.79. The van der Waals surface area contributed by atoms with Gasteiger partial charge in [0, 0.05) is 6.61 Å². The molecule has 0 amide bonds. The van der Waals surface area contributed by atoms with Crippen molar-refractivity contribution >= 4 is 5.97 Å². The summed E-state index contributed by atoms with van der Waals surface area (Å²) in [5.74, 6) is 0.635. The van der Waals surface area contributed by atoms with Gasteiger partial charge in [0.2, 0.25) is 0 Å². The fourth-order valence-corrected chi connectivity index (χ4v) is 1.56. The minimum atomic E-state index is -0.639. The standard InChI is InChI=1S/C14H17NO4/c1-5-17-6-7-18-14(16)13(15-4)12-8-10(2)19-11(3)9-12/h8-9H,5-7H2,1-3H3. The van der Waals surface area contributed by atoms with E-state index in [1.165, 1.54) is 0 Å². The molecule has 1 aliphatic heterocycles. The first kappa shape index (κ1) is 15.0. The summed E-state index contributed by atoms with van der Waals surface area (Å²) < 4.78 is 15.4. The fourth-order valence-electron chi connectivity index (χ4n) is 1.56. The highest BCUT2D eigenvalue weighted by Gasteiger charge is 2.18. The van der Waals surface area contributed by atoms with Crippen LogP contribution in [0, 0.1) is 6.57 Å². The van der Waals surface area contributed by atoms with Crippen LogP contribution in [0.4, 0.5) is 0 Å². The molecule has 19 heavy (non-hydrogen) atoms. The molecule has 0 radical (unpaired) electrons. The van der Waals surface area contributed by atoms with Crippen LogP contribution in [0.5, 0.6) is 0 Å². The second-order valence-corrected chi connectivity index (χ2v) is 3.86. The molecule has 5 nitrogen and oxygen atoms in total. The Morgan fingerprint density at radius 3 is 2.47 bits per heavy atom. The molecule has 0 aromatic carbocycles. The fraction of sp³-hybridized carbons (Fsp3) is 0.429. The molecule has 0 bridgehead atoms. The summed E-state index contributed by atoms with van der Waals surface area (Å²) >= 11 is 0. The molecule has 5 heteroatoms. The average molecular weight is 263 g/mol. The Morgan fingerprint density at radius 1 is 1.32 bits per heavy atom. The zero-order valence-electron chi connectivity index (χ0n) is 11.4. The Kier molecular flexibility index (Phi) is 5.83. The second-order valence-electron chi connectivity index (χ2n) is 3.86. The van der Waals surface area contributed by atoms with Crippen molar-refractivity contribution in [2.24, 2.45) is 0 Å². The summed E-state index contributed by atoms with van der Waals surface area (Å²) in [6.45, 7) is 13.5. The first-order valence-corrected chi connectivity index (χ1v) is 5.99. The number of ether oxygens (including phenoxy) is 3. The molecule has 0 atom stereocenters. The molecule has 0 aliphatic carbocycles. The summed E-state index contributed by atoms with van der Waals surface area (Å²) in [7, 11) is 0. The lowest BCUT2D eigenvalue weighted by Crippen LogP contribution is -2.13. The van der Waals surface area contributed by atoms with Crippen molar-refractivity contribution in [3.63, 3.8) is 0 Å². The maximum atomic E-state index is 11.8. The lowest BCUT2D eigenvalue weighted by atomic mass is 10.1. The first-order valence-electron chi connectivity index (χ1n) is 5.99. The van der Waals surface area contributed by atoms with Gasteiger partial charge >= 0.3 is 5.97 Å². The molecule has 0 fully saturated rings. The molecule has 0 spiro atoms. The van der Waals surface area contributed by atoms with E-state index in [1.807, 2.05) is 6.92 Å². The predicted molar refractivity (Wildman–Crippen MR) is 69.7 cm³/mol. The van der Waals surface area contributed by atoms with Crippen molar-refractivity contribution in [2.75, 3.05) is 19.8 Å². The molecule has 0 unspecified atom stereocenters. The van der Waals surface area contributed by atoms with Gasteiger partial charge in [-0.15, -0.1) is 0 Å². The molecule has 0 aromatic rings. The largest absolute Gasteiger partial charge is 0.468 e. The maximum absolute atomic E-state index is 11.8. The molecular formula is C14H17NO4. The molecule has 1 heterocycles. The van der Waals surface area contributed by atoms with Gasteiger partial charge in [-0.05, 0) is 38.5 Å². The van der Waals surface area contributed by atoms with Crippen LogP contribution in [-0.2, 0) is 19.0 Å². The highest BCUT2D eigenvalue weighted by atomic mass is 16.6. The number of allylic oxidation sites excluding steroid dienone is 5. The smallest absolute Gasteiger partial charge is 0.336 e. The van der Waals surface area contributed by atoms with E-state index in [-0.39, 0.29) is 12.3 Å². The lowest BCUT2D eigenvalue weighted by Gasteiger charge is -2.13. The molecule has 1 rings (SSSR count). The van der Waals surface area contributed by atoms with Gasteiger partial charge in [-0.2, -0.15) is 0 Å². The third-order valence-corrected chi connectivity index (χ3v) is 2.28. The van der Waals surface area contributed by atoms with Crippen molar-refractivity contribution in [1.29, 1.82) is 0 Å². The Labute approximate surface area is 113 Å². The van der Waals surface area contributed by atoms with Crippen LogP contribution in [0.25, 0.3) is 4.85 Å². The van der Waals surface area contributed by atoms with Crippen LogP contribution < -0.4 is 0 Å². The van der Waals surface area contributed by atoms with Gasteiger partial charge < -0.3 is 14.2 Å². The van der Waals surface area contributed by atoms with Gasteiger partial charge in [0.25, 0.3) is 5.70 Å². The molecule has 0 N–H and O–H groups in total. The quantitative estimate of drug-likeness (QED) is 0.331. The normalized spacial score (nSPS) is 13.9. The van der Waals surface area contributed by atoms with Gasteiger partial charge in [-0.25, -0.2) is 4.85 Å². The van der Waals surface area contributed by atoms with E-state index in [0.29, 0.717) is 30.3 Å². The van der Waals surface area contributed by atoms with Crippen molar-refractivity contribution in [1.82, 2.24) is 0 Å². The van der Waals surface area contributed by atoms with Crippen LogP contribution >= 0.6 is 0 Å². The number of nitrogens with zero attached hydrogens (tertiary/aromatic N) is 1. The molecule has 0 saturated heterocycles. The number of hydrogen-bond acceptors (Lipinski definition) is 4. The van der Waals surface area contributed by atoms with Crippen LogP contribution in [-0.4, -0.2) is 25.8 Å². The van der Waals surface area contributed by atoms with Gasteiger partial charge in [0.1, 0.15) is 6.61 Å². The van der Waals surface area contributed by atoms with Crippen molar-refractivity contribution in [3.05, 3.63) is 46.4 Å². The summed E-state index contributed by atoms with van der Waals surface area (Å²) in [5.41, 5.74) is 0.469. The van der Waals surface area contributed by atoms with Crippen LogP contribution in [0.3, 0.4) is 0 Å². The van der Waals surface area contributed by atoms with Gasteiger partial charge in [-0.1, -0.05) is 0 Å². The summed E-state index contributed by atoms with van der Waals surface area (Å²) in [6, 6.07) is 0.